The average Bonchev–Trinajstić information content (AvgIpc) is 3.87. The van der Waals surface area contributed by atoms with E-state index in [-0.39, 0.29) is 0 Å². The van der Waals surface area contributed by atoms with Crippen LogP contribution in [0.5, 0.6) is 0 Å². The minimum Gasteiger partial charge on any atom is -0.464 e. The number of hydrogen-bond donors (Lipinski definition) is 0. The van der Waals surface area contributed by atoms with Crippen molar-refractivity contribution in [1.29, 1.82) is 0 Å². The summed E-state index contributed by atoms with van der Waals surface area (Å²) in [4.78, 5) is 0. The van der Waals surface area contributed by atoms with Gasteiger partial charge in [-0.25, -0.2) is 0 Å². The van der Waals surface area contributed by atoms with Gasteiger partial charge in [-0.2, -0.15) is 0 Å². The van der Waals surface area contributed by atoms with E-state index in [2.05, 4.69) is 150 Å². The Balaban J connectivity index is 1.19. The smallest absolute Gasteiger partial charge is 0.145 e. The van der Waals surface area contributed by atoms with Gasteiger partial charge in [0.1, 0.15) is 16.7 Å². The summed E-state index contributed by atoms with van der Waals surface area (Å²) >= 11 is 0. The molecule has 0 aliphatic heterocycles. The molecule has 0 saturated heterocycles. The molecule has 228 valence electrons. The van der Waals surface area contributed by atoms with Crippen LogP contribution in [-0.4, -0.2) is 4.57 Å². The summed E-state index contributed by atoms with van der Waals surface area (Å²) in [7, 11) is 0. The molecule has 0 aliphatic carbocycles. The highest BCUT2D eigenvalue weighted by Gasteiger charge is 2.20. The average molecular weight is 626 g/mol. The molecular formula is C46H27NO2. The molecule has 3 nitrogen and oxygen atoms in total. The number of nitrogens with zero attached hydrogens (tertiary/aromatic N) is 1. The maximum atomic E-state index is 6.46. The summed E-state index contributed by atoms with van der Waals surface area (Å²) in [5, 5.41) is 10.5. The molecule has 11 rings (SSSR count). The highest BCUT2D eigenvalue weighted by Crippen LogP contribution is 2.46. The maximum absolute atomic E-state index is 6.46. The largest absolute Gasteiger partial charge is 0.464 e. The normalized spacial score (nSPS) is 12.1. The molecule has 0 bridgehead atoms. The third-order valence-corrected chi connectivity index (χ3v) is 10.3. The number of rotatable bonds is 3. The van der Waals surface area contributed by atoms with Crippen LogP contribution in [0.4, 0.5) is 0 Å². The van der Waals surface area contributed by atoms with Gasteiger partial charge in [0.15, 0.2) is 0 Å². The van der Waals surface area contributed by atoms with Crippen LogP contribution in [0.15, 0.2) is 173 Å². The fourth-order valence-electron chi connectivity index (χ4n) is 8.17. The first-order valence-corrected chi connectivity index (χ1v) is 16.7. The van der Waals surface area contributed by atoms with Crippen molar-refractivity contribution in [2.24, 2.45) is 0 Å². The van der Waals surface area contributed by atoms with Crippen LogP contribution in [0.2, 0.25) is 0 Å². The molecule has 49 heavy (non-hydrogen) atoms. The minimum atomic E-state index is 0.836. The molecule has 0 unspecified atom stereocenters. The lowest BCUT2D eigenvalue weighted by Gasteiger charge is -2.18. The molecule has 0 saturated carbocycles. The summed E-state index contributed by atoms with van der Waals surface area (Å²) in [6.45, 7) is 0. The number of furan rings is 2. The predicted octanol–water partition coefficient (Wildman–Crippen LogP) is 13.1. The maximum Gasteiger partial charge on any atom is 0.145 e. The van der Waals surface area contributed by atoms with Gasteiger partial charge in [-0.15, -0.1) is 0 Å². The van der Waals surface area contributed by atoms with Gasteiger partial charge >= 0.3 is 0 Å². The number of benzene rings is 8. The van der Waals surface area contributed by atoms with Crippen molar-refractivity contribution < 1.29 is 8.83 Å². The Morgan fingerprint density at radius 1 is 0.408 bits per heavy atom. The Morgan fingerprint density at radius 3 is 1.71 bits per heavy atom. The second kappa shape index (κ2) is 9.96. The Bertz CT molecular complexity index is 3050. The third kappa shape index (κ3) is 3.73. The molecule has 0 spiro atoms. The van der Waals surface area contributed by atoms with Crippen LogP contribution in [-0.2, 0) is 0 Å². The molecule has 0 N–H and O–H groups in total. The molecule has 0 aliphatic rings. The van der Waals surface area contributed by atoms with Crippen molar-refractivity contribution in [3.63, 3.8) is 0 Å². The zero-order chi connectivity index (χ0) is 32.1. The Labute approximate surface area is 280 Å². The molecule has 11 aromatic rings. The van der Waals surface area contributed by atoms with E-state index in [1.54, 1.807) is 6.26 Å². The van der Waals surface area contributed by atoms with Gasteiger partial charge in [0.2, 0.25) is 0 Å². The van der Waals surface area contributed by atoms with E-state index in [0.29, 0.717) is 0 Å². The highest BCUT2D eigenvalue weighted by molar-refractivity contribution is 6.23. The third-order valence-electron chi connectivity index (χ3n) is 10.3. The van der Waals surface area contributed by atoms with Crippen molar-refractivity contribution in [3.8, 4) is 27.9 Å². The van der Waals surface area contributed by atoms with Gasteiger partial charge in [0.25, 0.3) is 0 Å². The lowest BCUT2D eigenvalue weighted by atomic mass is 9.85. The van der Waals surface area contributed by atoms with Crippen LogP contribution in [0.25, 0.3) is 104 Å². The molecular weight excluding hydrogens is 599 g/mol. The molecule has 8 aromatic carbocycles. The molecule has 0 atom stereocenters. The van der Waals surface area contributed by atoms with Gasteiger partial charge in [0.05, 0.1) is 22.7 Å². The summed E-state index contributed by atoms with van der Waals surface area (Å²) in [6, 6.07) is 56.7. The Kier molecular flexibility index (Phi) is 5.38. The van der Waals surface area contributed by atoms with Crippen molar-refractivity contribution in [2.45, 2.75) is 0 Å². The van der Waals surface area contributed by atoms with Crippen LogP contribution < -0.4 is 0 Å². The van der Waals surface area contributed by atoms with Crippen molar-refractivity contribution in [3.05, 3.63) is 164 Å². The standard InChI is InChI=1S/C46H27NO2/c1-2-10-31(11-3-1)47-39-17-9-8-12-32(39)33-21-18-29(26-40(33)47)43-34-13-4-6-15-36(34)44(37-16-7-5-14-35(37)43)30-19-22-38-42(27-30)49-41-23-20-28-24-25-48-46(28)45(38)41/h1-27H. The van der Waals surface area contributed by atoms with Gasteiger partial charge in [-0.3, -0.25) is 0 Å². The van der Waals surface area contributed by atoms with Crippen molar-refractivity contribution in [2.75, 3.05) is 0 Å². The topological polar surface area (TPSA) is 31.2 Å². The summed E-state index contributed by atoms with van der Waals surface area (Å²) in [5.74, 6) is 0. The summed E-state index contributed by atoms with van der Waals surface area (Å²) < 4.78 is 14.8. The Morgan fingerprint density at radius 2 is 1.00 bits per heavy atom. The molecule has 0 amide bonds. The van der Waals surface area contributed by atoms with E-state index >= 15 is 0 Å². The van der Waals surface area contributed by atoms with E-state index in [4.69, 9.17) is 8.83 Å². The first-order chi connectivity index (χ1) is 24.3. The van der Waals surface area contributed by atoms with E-state index in [9.17, 15) is 0 Å². The molecule has 3 heterocycles. The van der Waals surface area contributed by atoms with Gasteiger partial charge in [-0.1, -0.05) is 103 Å². The van der Waals surface area contributed by atoms with Crippen molar-refractivity contribution >= 4 is 76.3 Å². The monoisotopic (exact) mass is 625 g/mol. The lowest BCUT2D eigenvalue weighted by molar-refractivity contribution is 0.618. The Hall–Kier alpha value is -6.58. The predicted molar refractivity (Wildman–Crippen MR) is 204 cm³/mol. The molecule has 3 heteroatoms. The fourth-order valence-corrected chi connectivity index (χ4v) is 8.17. The zero-order valence-corrected chi connectivity index (χ0v) is 26.4. The van der Waals surface area contributed by atoms with Crippen LogP contribution in [0.1, 0.15) is 0 Å². The van der Waals surface area contributed by atoms with E-state index < -0.39 is 0 Å². The SMILES string of the molecule is c1ccc(-n2c3ccccc3c3ccc(-c4c5ccccc5c(-c5ccc6c(c5)oc5ccc7ccoc7c56)c5ccccc45)cc32)cc1. The first kappa shape index (κ1) is 26.5. The van der Waals surface area contributed by atoms with E-state index in [0.717, 1.165) is 44.2 Å². The number of hydrogen-bond acceptors (Lipinski definition) is 2. The minimum absolute atomic E-state index is 0.836. The number of aromatic nitrogens is 1. The van der Waals surface area contributed by atoms with Gasteiger partial charge < -0.3 is 13.4 Å². The van der Waals surface area contributed by atoms with Crippen LogP contribution in [0, 0.1) is 0 Å². The van der Waals surface area contributed by atoms with Gasteiger partial charge in [-0.05, 0) is 98.4 Å². The second-order valence-corrected chi connectivity index (χ2v) is 12.9. The zero-order valence-electron chi connectivity index (χ0n) is 26.4. The molecule has 3 aromatic heterocycles. The van der Waals surface area contributed by atoms with E-state index in [1.165, 1.54) is 60.0 Å². The highest BCUT2D eigenvalue weighted by atomic mass is 16.3. The number of fused-ring (bicyclic) bond motifs is 10. The van der Waals surface area contributed by atoms with E-state index in [1.807, 2.05) is 12.1 Å². The molecule has 0 fully saturated rings. The molecule has 0 radical (unpaired) electrons. The fraction of sp³-hybridized carbons (Fsp3) is 0. The first-order valence-electron chi connectivity index (χ1n) is 16.7. The van der Waals surface area contributed by atoms with Crippen LogP contribution >= 0.6 is 0 Å². The van der Waals surface area contributed by atoms with Crippen LogP contribution in [0.3, 0.4) is 0 Å². The van der Waals surface area contributed by atoms with Gasteiger partial charge in [0, 0.05) is 27.2 Å². The summed E-state index contributed by atoms with van der Waals surface area (Å²) in [5.41, 5.74) is 10.9. The van der Waals surface area contributed by atoms with Crippen molar-refractivity contribution in [1.82, 2.24) is 4.57 Å². The second-order valence-electron chi connectivity index (χ2n) is 12.9. The lowest BCUT2D eigenvalue weighted by Crippen LogP contribution is -1.94. The summed E-state index contributed by atoms with van der Waals surface area (Å²) in [6.07, 6.45) is 1.75. The quantitative estimate of drug-likeness (QED) is 0.183. The number of para-hydroxylation sites is 2.